The van der Waals surface area contributed by atoms with Crippen molar-refractivity contribution in [3.8, 4) is 5.75 Å². The van der Waals surface area contributed by atoms with E-state index < -0.39 is 0 Å². The molecule has 0 aliphatic carbocycles. The fraction of sp³-hybridized carbons (Fsp3) is 0.308. The predicted octanol–water partition coefficient (Wildman–Crippen LogP) is 3.10. The van der Waals surface area contributed by atoms with Crippen LogP contribution in [0.25, 0.3) is 6.08 Å². The van der Waals surface area contributed by atoms with Gasteiger partial charge in [0.15, 0.2) is 0 Å². The van der Waals surface area contributed by atoms with Crippen molar-refractivity contribution >= 4 is 23.8 Å². The average Bonchev–Trinajstić information content (AvgIpc) is 2.29. The maximum absolute atomic E-state index is 10.9. The van der Waals surface area contributed by atoms with Crippen molar-refractivity contribution in [2.24, 2.45) is 0 Å². The van der Waals surface area contributed by atoms with Crippen LogP contribution in [0.15, 0.2) is 28.9 Å². The molecule has 1 aliphatic heterocycles. The van der Waals surface area contributed by atoms with Crippen LogP contribution in [-0.4, -0.2) is 18.3 Å². The summed E-state index contributed by atoms with van der Waals surface area (Å²) in [7, 11) is 0. The highest BCUT2D eigenvalue weighted by Crippen LogP contribution is 2.37. The summed E-state index contributed by atoms with van der Waals surface area (Å²) in [5, 5.41) is 0. The molecule has 1 aliphatic rings. The molecule has 3 nitrogen and oxygen atoms in total. The number of fused-ring (bicyclic) bond motifs is 1. The van der Waals surface area contributed by atoms with E-state index in [-0.39, 0.29) is 5.97 Å². The molecule has 1 aromatic carbocycles. The summed E-state index contributed by atoms with van der Waals surface area (Å²) in [6.45, 7) is 3.99. The van der Waals surface area contributed by atoms with Gasteiger partial charge in [-0.25, -0.2) is 0 Å². The number of carbonyl (C=O) groups is 1. The lowest BCUT2D eigenvalue weighted by atomic mass is 10.1. The van der Waals surface area contributed by atoms with Crippen molar-refractivity contribution < 1.29 is 14.3 Å². The molecule has 1 aromatic rings. The largest absolute Gasteiger partial charge is 0.493 e. The van der Waals surface area contributed by atoms with Crippen molar-refractivity contribution in [1.82, 2.24) is 0 Å². The third-order valence-corrected chi connectivity index (χ3v) is 3.37. The molecule has 0 bridgehead atoms. The molecular weight excluding hydrogens is 236 g/mol. The maximum atomic E-state index is 10.9. The van der Waals surface area contributed by atoms with E-state index in [4.69, 9.17) is 9.47 Å². The van der Waals surface area contributed by atoms with Gasteiger partial charge in [0.05, 0.1) is 12.4 Å². The van der Waals surface area contributed by atoms with E-state index in [2.05, 4.69) is 0 Å². The van der Waals surface area contributed by atoms with E-state index in [1.54, 1.807) is 11.8 Å². The van der Waals surface area contributed by atoms with E-state index in [1.807, 2.05) is 31.2 Å². The van der Waals surface area contributed by atoms with Gasteiger partial charge < -0.3 is 9.47 Å². The van der Waals surface area contributed by atoms with Crippen LogP contribution in [-0.2, 0) is 9.53 Å². The van der Waals surface area contributed by atoms with Crippen LogP contribution in [0.3, 0.4) is 0 Å². The Morgan fingerprint density at radius 2 is 2.29 bits per heavy atom. The summed E-state index contributed by atoms with van der Waals surface area (Å²) in [6, 6.07) is 5.95. The normalized spacial score (nSPS) is 13.6. The molecule has 0 radical (unpaired) electrons. The molecule has 0 fully saturated rings. The van der Waals surface area contributed by atoms with Crippen LogP contribution in [0.4, 0.5) is 0 Å². The van der Waals surface area contributed by atoms with E-state index in [9.17, 15) is 4.79 Å². The molecule has 2 rings (SSSR count). The van der Waals surface area contributed by atoms with Crippen molar-refractivity contribution in [2.75, 3.05) is 12.4 Å². The SMILES string of the molecule is CCOc1cccc2c1C=C(OC(C)=O)CS2. The van der Waals surface area contributed by atoms with Gasteiger partial charge in [0.2, 0.25) is 0 Å². The molecule has 90 valence electrons. The van der Waals surface area contributed by atoms with Crippen molar-refractivity contribution in [3.05, 3.63) is 29.5 Å². The smallest absolute Gasteiger partial charge is 0.307 e. The molecule has 0 atom stereocenters. The van der Waals surface area contributed by atoms with Crippen molar-refractivity contribution in [2.45, 2.75) is 18.7 Å². The topological polar surface area (TPSA) is 35.5 Å². The van der Waals surface area contributed by atoms with Crippen LogP contribution in [0, 0.1) is 0 Å². The standard InChI is InChI=1S/C13H14O3S/c1-3-15-12-5-4-6-13-11(12)7-10(8-17-13)16-9(2)14/h4-7H,3,8H2,1-2H3. The zero-order valence-corrected chi connectivity index (χ0v) is 10.7. The van der Waals surface area contributed by atoms with E-state index in [0.717, 1.165) is 16.2 Å². The molecule has 0 N–H and O–H groups in total. The molecule has 0 saturated heterocycles. The van der Waals surface area contributed by atoms with Gasteiger partial charge in [-0.05, 0) is 25.1 Å². The van der Waals surface area contributed by atoms with Gasteiger partial charge in [-0.2, -0.15) is 0 Å². The van der Waals surface area contributed by atoms with Gasteiger partial charge in [-0.3, -0.25) is 4.79 Å². The molecule has 17 heavy (non-hydrogen) atoms. The molecule has 0 saturated carbocycles. The van der Waals surface area contributed by atoms with Crippen molar-refractivity contribution in [1.29, 1.82) is 0 Å². The minimum Gasteiger partial charge on any atom is -0.493 e. The number of esters is 1. The lowest BCUT2D eigenvalue weighted by Gasteiger charge is -2.18. The second kappa shape index (κ2) is 5.27. The maximum Gasteiger partial charge on any atom is 0.307 e. The number of hydrogen-bond acceptors (Lipinski definition) is 4. The van der Waals surface area contributed by atoms with E-state index >= 15 is 0 Å². The summed E-state index contributed by atoms with van der Waals surface area (Å²) in [5.74, 6) is 1.92. The van der Waals surface area contributed by atoms with Gasteiger partial charge in [0.25, 0.3) is 0 Å². The van der Waals surface area contributed by atoms with Gasteiger partial charge >= 0.3 is 5.97 Å². The fourth-order valence-corrected chi connectivity index (χ4v) is 2.60. The minimum absolute atomic E-state index is 0.283. The number of benzene rings is 1. The first-order chi connectivity index (χ1) is 8.20. The lowest BCUT2D eigenvalue weighted by Crippen LogP contribution is -2.05. The Bertz CT molecular complexity index is 466. The summed E-state index contributed by atoms with van der Waals surface area (Å²) in [4.78, 5) is 12.1. The summed E-state index contributed by atoms with van der Waals surface area (Å²) in [5.41, 5.74) is 1.00. The summed E-state index contributed by atoms with van der Waals surface area (Å²) < 4.78 is 10.7. The Kier molecular flexibility index (Phi) is 3.74. The van der Waals surface area contributed by atoms with Gasteiger partial charge in [-0.1, -0.05) is 6.07 Å². The Hall–Kier alpha value is -1.42. The van der Waals surface area contributed by atoms with Crippen LogP contribution in [0.5, 0.6) is 5.75 Å². The Morgan fingerprint density at radius 3 is 3.00 bits per heavy atom. The first kappa shape index (κ1) is 12.0. The zero-order chi connectivity index (χ0) is 12.3. The fourth-order valence-electron chi connectivity index (χ4n) is 1.67. The first-order valence-electron chi connectivity index (χ1n) is 5.48. The van der Waals surface area contributed by atoms with Gasteiger partial charge in [0, 0.05) is 17.4 Å². The molecule has 0 spiro atoms. The highest BCUT2D eigenvalue weighted by molar-refractivity contribution is 7.99. The molecule has 0 amide bonds. The van der Waals surface area contributed by atoms with Gasteiger partial charge in [-0.15, -0.1) is 11.8 Å². The number of rotatable bonds is 3. The van der Waals surface area contributed by atoms with Gasteiger partial charge in [0.1, 0.15) is 11.5 Å². The lowest BCUT2D eigenvalue weighted by molar-refractivity contribution is -0.136. The highest BCUT2D eigenvalue weighted by Gasteiger charge is 2.16. The average molecular weight is 250 g/mol. The molecule has 4 heteroatoms. The molecule has 0 unspecified atom stereocenters. The second-order valence-electron chi connectivity index (χ2n) is 3.59. The quantitative estimate of drug-likeness (QED) is 0.772. The van der Waals surface area contributed by atoms with Crippen LogP contribution in [0.2, 0.25) is 0 Å². The monoisotopic (exact) mass is 250 g/mol. The number of ether oxygens (including phenoxy) is 2. The van der Waals surface area contributed by atoms with Crippen LogP contribution in [0.1, 0.15) is 19.4 Å². The van der Waals surface area contributed by atoms with E-state index in [1.165, 1.54) is 6.92 Å². The molecular formula is C13H14O3S. The summed E-state index contributed by atoms with van der Waals surface area (Å²) in [6.07, 6.45) is 1.89. The highest BCUT2D eigenvalue weighted by atomic mass is 32.2. The Morgan fingerprint density at radius 1 is 1.47 bits per heavy atom. The summed E-state index contributed by atoms with van der Waals surface area (Å²) >= 11 is 1.65. The predicted molar refractivity (Wildman–Crippen MR) is 68.1 cm³/mol. The Labute approximate surface area is 105 Å². The first-order valence-corrected chi connectivity index (χ1v) is 6.47. The molecule has 1 heterocycles. The second-order valence-corrected chi connectivity index (χ2v) is 4.61. The third kappa shape index (κ3) is 2.82. The Balaban J connectivity index is 2.34. The van der Waals surface area contributed by atoms with Crippen LogP contribution >= 0.6 is 11.8 Å². The third-order valence-electron chi connectivity index (χ3n) is 2.28. The minimum atomic E-state index is -0.283. The number of thioether (sulfide) groups is 1. The zero-order valence-electron chi connectivity index (χ0n) is 9.86. The van der Waals surface area contributed by atoms with E-state index in [0.29, 0.717) is 18.1 Å². The number of hydrogen-bond donors (Lipinski definition) is 0. The number of carbonyl (C=O) groups excluding carboxylic acids is 1. The molecule has 0 aromatic heterocycles. The van der Waals surface area contributed by atoms with Crippen molar-refractivity contribution in [3.63, 3.8) is 0 Å². The van der Waals surface area contributed by atoms with Crippen LogP contribution < -0.4 is 4.74 Å².